The van der Waals surface area contributed by atoms with Crippen molar-refractivity contribution < 1.29 is 23.8 Å². The molecule has 206 valence electrons. The van der Waals surface area contributed by atoms with E-state index in [1.807, 2.05) is 109 Å². The Bertz CT molecular complexity index is 1380. The van der Waals surface area contributed by atoms with Crippen LogP contribution < -0.4 is 10.1 Å². The fourth-order valence-corrected chi connectivity index (χ4v) is 4.12. The first-order valence-electron chi connectivity index (χ1n) is 13.3. The van der Waals surface area contributed by atoms with Crippen LogP contribution in [0.1, 0.15) is 37.5 Å². The Morgan fingerprint density at radius 3 is 1.90 bits per heavy atom. The normalized spacial score (nSPS) is 11.8. The molecule has 1 N–H and O–H groups in total. The lowest BCUT2D eigenvalue weighted by molar-refractivity contribution is -0.147. The molecule has 4 aromatic rings. The molecule has 1 atom stereocenters. The van der Waals surface area contributed by atoms with Gasteiger partial charge >= 0.3 is 12.1 Å². The van der Waals surface area contributed by atoms with Gasteiger partial charge in [0, 0.05) is 12.0 Å². The zero-order chi connectivity index (χ0) is 28.4. The van der Waals surface area contributed by atoms with Gasteiger partial charge < -0.3 is 19.5 Å². The van der Waals surface area contributed by atoms with Gasteiger partial charge in [0.25, 0.3) is 0 Å². The van der Waals surface area contributed by atoms with E-state index in [1.54, 1.807) is 20.8 Å². The summed E-state index contributed by atoms with van der Waals surface area (Å²) in [5, 5.41) is 2.71. The van der Waals surface area contributed by atoms with Gasteiger partial charge in [-0.15, -0.1) is 0 Å². The summed E-state index contributed by atoms with van der Waals surface area (Å²) in [4.78, 5) is 25.8. The number of hydrogen-bond acceptors (Lipinski definition) is 5. The number of alkyl carbamates (subject to hydrolysis) is 1. The second kappa shape index (κ2) is 13.5. The Balaban J connectivity index is 1.57. The van der Waals surface area contributed by atoms with Gasteiger partial charge in [-0.25, -0.2) is 9.59 Å². The summed E-state index contributed by atoms with van der Waals surface area (Å²) in [6.45, 7) is 5.85. The van der Waals surface area contributed by atoms with Crippen LogP contribution in [-0.2, 0) is 33.9 Å². The highest BCUT2D eigenvalue weighted by atomic mass is 16.6. The van der Waals surface area contributed by atoms with Gasteiger partial charge in [0.05, 0.1) is 0 Å². The Morgan fingerprint density at radius 2 is 1.30 bits per heavy atom. The van der Waals surface area contributed by atoms with Crippen molar-refractivity contribution in [3.63, 3.8) is 0 Å². The molecule has 0 unspecified atom stereocenters. The maximum Gasteiger partial charge on any atom is 0.408 e. The molecule has 0 spiro atoms. The van der Waals surface area contributed by atoms with Gasteiger partial charge in [0.1, 0.15) is 30.6 Å². The first kappa shape index (κ1) is 28.4. The van der Waals surface area contributed by atoms with Crippen molar-refractivity contribution in [2.24, 2.45) is 0 Å². The number of nitrogens with one attached hydrogen (secondary N) is 1. The largest absolute Gasteiger partial charge is 0.488 e. The van der Waals surface area contributed by atoms with Crippen molar-refractivity contribution in [2.45, 2.75) is 52.0 Å². The number of hydrogen-bond donors (Lipinski definition) is 1. The van der Waals surface area contributed by atoms with Crippen LogP contribution in [0.3, 0.4) is 0 Å². The van der Waals surface area contributed by atoms with Gasteiger partial charge in [-0.05, 0) is 55.2 Å². The zero-order valence-corrected chi connectivity index (χ0v) is 23.1. The van der Waals surface area contributed by atoms with Crippen LogP contribution in [0.25, 0.3) is 11.1 Å². The van der Waals surface area contributed by atoms with E-state index in [0.717, 1.165) is 33.6 Å². The van der Waals surface area contributed by atoms with Crippen molar-refractivity contribution in [2.75, 3.05) is 0 Å². The zero-order valence-electron chi connectivity index (χ0n) is 23.1. The summed E-state index contributed by atoms with van der Waals surface area (Å²) in [5.41, 5.74) is 3.93. The number of carbonyl (C=O) groups is 2. The van der Waals surface area contributed by atoms with Crippen LogP contribution in [0.2, 0.25) is 0 Å². The van der Waals surface area contributed by atoms with E-state index in [1.165, 1.54) is 0 Å². The third-order valence-corrected chi connectivity index (χ3v) is 6.01. The van der Waals surface area contributed by atoms with E-state index in [4.69, 9.17) is 14.2 Å². The summed E-state index contributed by atoms with van der Waals surface area (Å²) < 4.78 is 17.2. The standard InChI is InChI=1S/C34H35NO5/c1-34(2,3)40-33(37)35-30(32(36)39-24-26-15-9-5-10-16-26)22-27-19-20-31(38-23-25-13-7-4-8-14-25)29(21-27)28-17-11-6-12-18-28/h4-21,30H,22-24H2,1-3H3,(H,35,37)/t30-/m0/s1. The van der Waals surface area contributed by atoms with Crippen molar-refractivity contribution in [3.8, 4) is 16.9 Å². The van der Waals surface area contributed by atoms with Gasteiger partial charge in [0.15, 0.2) is 0 Å². The molecule has 0 saturated carbocycles. The SMILES string of the molecule is CC(C)(C)OC(=O)N[C@@H](Cc1ccc(OCc2ccccc2)c(-c2ccccc2)c1)C(=O)OCc1ccccc1. The number of benzene rings is 4. The van der Waals surface area contributed by atoms with Gasteiger partial charge in [0.2, 0.25) is 0 Å². The highest BCUT2D eigenvalue weighted by molar-refractivity contribution is 5.82. The number of ether oxygens (including phenoxy) is 3. The Kier molecular flexibility index (Phi) is 9.57. The molecule has 0 fully saturated rings. The van der Waals surface area contributed by atoms with Crippen molar-refractivity contribution in [1.29, 1.82) is 0 Å². The number of esters is 1. The molecule has 6 nitrogen and oxygen atoms in total. The highest BCUT2D eigenvalue weighted by Crippen LogP contribution is 2.32. The molecule has 0 bridgehead atoms. The van der Waals surface area contributed by atoms with Crippen LogP contribution in [0.4, 0.5) is 4.79 Å². The third-order valence-electron chi connectivity index (χ3n) is 6.01. The molecule has 4 rings (SSSR count). The molecular formula is C34H35NO5. The van der Waals surface area contributed by atoms with E-state index < -0.39 is 23.7 Å². The topological polar surface area (TPSA) is 73.9 Å². The van der Waals surface area contributed by atoms with Gasteiger partial charge in [-0.1, -0.05) is 97.1 Å². The van der Waals surface area contributed by atoms with Crippen molar-refractivity contribution in [3.05, 3.63) is 126 Å². The predicted molar refractivity (Wildman–Crippen MR) is 156 cm³/mol. The van der Waals surface area contributed by atoms with Gasteiger partial charge in [-0.3, -0.25) is 0 Å². The minimum absolute atomic E-state index is 0.105. The average Bonchev–Trinajstić information content (AvgIpc) is 2.95. The van der Waals surface area contributed by atoms with Crippen LogP contribution >= 0.6 is 0 Å². The van der Waals surface area contributed by atoms with Crippen molar-refractivity contribution in [1.82, 2.24) is 5.32 Å². The molecule has 0 saturated heterocycles. The molecule has 0 aliphatic carbocycles. The second-order valence-electron chi connectivity index (χ2n) is 10.5. The molecule has 0 aromatic heterocycles. The Morgan fingerprint density at radius 1 is 0.725 bits per heavy atom. The lowest BCUT2D eigenvalue weighted by atomic mass is 9.98. The van der Waals surface area contributed by atoms with E-state index in [-0.39, 0.29) is 13.0 Å². The average molecular weight is 538 g/mol. The summed E-state index contributed by atoms with van der Waals surface area (Å²) in [6.07, 6.45) is -0.466. The molecule has 1 amide bonds. The third kappa shape index (κ3) is 8.73. The van der Waals surface area contributed by atoms with E-state index in [9.17, 15) is 9.59 Å². The van der Waals surface area contributed by atoms with Crippen LogP contribution in [-0.4, -0.2) is 23.7 Å². The number of carbonyl (C=O) groups excluding carboxylic acids is 2. The second-order valence-corrected chi connectivity index (χ2v) is 10.5. The quantitative estimate of drug-likeness (QED) is 0.218. The monoisotopic (exact) mass is 537 g/mol. The lowest BCUT2D eigenvalue weighted by Gasteiger charge is -2.23. The highest BCUT2D eigenvalue weighted by Gasteiger charge is 2.26. The van der Waals surface area contributed by atoms with Crippen molar-refractivity contribution >= 4 is 12.1 Å². The molecule has 4 aromatic carbocycles. The Hall–Kier alpha value is -4.58. The first-order valence-corrected chi connectivity index (χ1v) is 13.3. The summed E-state index contributed by atoms with van der Waals surface area (Å²) in [5.74, 6) is 0.183. The molecule has 0 aliphatic heterocycles. The summed E-state index contributed by atoms with van der Waals surface area (Å²) in [6, 6.07) is 34.2. The summed E-state index contributed by atoms with van der Waals surface area (Å²) in [7, 11) is 0. The fraction of sp³-hybridized carbons (Fsp3) is 0.235. The van der Waals surface area contributed by atoms with Gasteiger partial charge in [-0.2, -0.15) is 0 Å². The lowest BCUT2D eigenvalue weighted by Crippen LogP contribution is -2.45. The smallest absolute Gasteiger partial charge is 0.408 e. The van der Waals surface area contributed by atoms with Crippen LogP contribution in [0, 0.1) is 0 Å². The molecule has 0 heterocycles. The minimum Gasteiger partial charge on any atom is -0.488 e. The first-order chi connectivity index (χ1) is 19.3. The van der Waals surface area contributed by atoms with E-state index in [2.05, 4.69) is 5.32 Å². The molecular weight excluding hydrogens is 502 g/mol. The van der Waals surface area contributed by atoms with Crippen LogP contribution in [0.5, 0.6) is 5.75 Å². The summed E-state index contributed by atoms with van der Waals surface area (Å²) >= 11 is 0. The van der Waals surface area contributed by atoms with Crippen LogP contribution in [0.15, 0.2) is 109 Å². The maximum absolute atomic E-state index is 13.2. The van der Waals surface area contributed by atoms with E-state index >= 15 is 0 Å². The molecule has 40 heavy (non-hydrogen) atoms. The molecule has 0 aliphatic rings. The maximum atomic E-state index is 13.2. The Labute approximate surface area is 235 Å². The number of rotatable bonds is 10. The molecule has 6 heteroatoms. The number of amides is 1. The van der Waals surface area contributed by atoms with E-state index in [0.29, 0.717) is 6.61 Å². The predicted octanol–water partition coefficient (Wildman–Crippen LogP) is 7.11. The fourth-order valence-electron chi connectivity index (χ4n) is 4.12. The minimum atomic E-state index is -0.946. The molecule has 0 radical (unpaired) electrons.